The maximum atomic E-state index is 12.5. The van der Waals surface area contributed by atoms with E-state index < -0.39 is 0 Å². The minimum absolute atomic E-state index is 0.0393. The quantitative estimate of drug-likeness (QED) is 0.838. The Morgan fingerprint density at radius 2 is 1.72 bits per heavy atom. The molecular weight excluding hydrogens is 336 g/mol. The Morgan fingerprint density at radius 1 is 1.08 bits per heavy atom. The molecule has 0 aliphatic carbocycles. The van der Waals surface area contributed by atoms with E-state index in [4.69, 9.17) is 16.0 Å². The van der Waals surface area contributed by atoms with E-state index in [-0.39, 0.29) is 11.1 Å². The molecule has 2 saturated heterocycles. The van der Waals surface area contributed by atoms with Crippen molar-refractivity contribution in [1.29, 1.82) is 0 Å². The topological polar surface area (TPSA) is 36.7 Å². The van der Waals surface area contributed by atoms with Crippen molar-refractivity contribution in [2.75, 3.05) is 26.2 Å². The van der Waals surface area contributed by atoms with Crippen LogP contribution in [0.15, 0.2) is 34.7 Å². The van der Waals surface area contributed by atoms with Crippen molar-refractivity contribution in [2.24, 2.45) is 11.8 Å². The number of nitrogens with zero attached hydrogens (tertiary/aromatic N) is 2. The molecule has 2 atom stereocenters. The van der Waals surface area contributed by atoms with Gasteiger partial charge in [0.2, 0.25) is 0 Å². The molecular formula is C20H23ClN2O2. The van der Waals surface area contributed by atoms with E-state index in [1.807, 2.05) is 4.90 Å². The summed E-state index contributed by atoms with van der Waals surface area (Å²) in [5, 5.41) is 0.266. The fraction of sp³-hybridized carbons (Fsp3) is 0.450. The summed E-state index contributed by atoms with van der Waals surface area (Å²) >= 11 is 5.78. The molecule has 25 heavy (non-hydrogen) atoms. The number of carbonyl (C=O) groups is 1. The molecule has 1 aromatic carbocycles. The van der Waals surface area contributed by atoms with Gasteiger partial charge in [-0.25, -0.2) is 0 Å². The molecule has 2 fully saturated rings. The summed E-state index contributed by atoms with van der Waals surface area (Å²) < 4.78 is 5.27. The Hall–Kier alpha value is -1.78. The lowest BCUT2D eigenvalue weighted by Crippen LogP contribution is -2.33. The van der Waals surface area contributed by atoms with Crippen LogP contribution in [0, 0.1) is 25.7 Å². The van der Waals surface area contributed by atoms with Gasteiger partial charge in [0.05, 0.1) is 0 Å². The molecule has 0 spiro atoms. The molecule has 0 radical (unpaired) electrons. The first-order valence-corrected chi connectivity index (χ1v) is 9.21. The van der Waals surface area contributed by atoms with Crippen LogP contribution >= 0.6 is 11.6 Å². The second-order valence-electron chi connectivity index (χ2n) is 7.40. The summed E-state index contributed by atoms with van der Waals surface area (Å²) in [5.74, 6) is 1.41. The minimum atomic E-state index is -0.0393. The maximum absolute atomic E-state index is 12.5. The predicted molar refractivity (Wildman–Crippen MR) is 97.8 cm³/mol. The highest BCUT2D eigenvalue weighted by Gasteiger charge is 2.42. The molecule has 4 nitrogen and oxygen atoms in total. The van der Waals surface area contributed by atoms with Crippen LogP contribution in [0.25, 0.3) is 0 Å². The summed E-state index contributed by atoms with van der Waals surface area (Å²) in [5.41, 5.74) is 4.17. The molecule has 5 heteroatoms. The van der Waals surface area contributed by atoms with E-state index in [9.17, 15) is 4.79 Å². The number of rotatable bonds is 3. The molecule has 0 bridgehead atoms. The van der Waals surface area contributed by atoms with Crippen molar-refractivity contribution in [1.82, 2.24) is 9.80 Å². The van der Waals surface area contributed by atoms with Gasteiger partial charge in [-0.15, -0.1) is 0 Å². The molecule has 2 aliphatic heterocycles. The van der Waals surface area contributed by atoms with Gasteiger partial charge in [-0.3, -0.25) is 9.69 Å². The van der Waals surface area contributed by atoms with E-state index in [1.165, 1.54) is 16.7 Å². The van der Waals surface area contributed by atoms with Gasteiger partial charge in [-0.05, 0) is 66.1 Å². The highest BCUT2D eigenvalue weighted by Crippen LogP contribution is 2.33. The van der Waals surface area contributed by atoms with Crippen molar-refractivity contribution in [3.63, 3.8) is 0 Å². The molecule has 0 saturated carbocycles. The van der Waals surface area contributed by atoms with Gasteiger partial charge in [0, 0.05) is 32.7 Å². The molecule has 3 heterocycles. The van der Waals surface area contributed by atoms with E-state index in [0.29, 0.717) is 17.6 Å². The Balaban J connectivity index is 1.38. The third-order valence-electron chi connectivity index (χ3n) is 5.66. The van der Waals surface area contributed by atoms with E-state index >= 15 is 0 Å². The number of likely N-dealkylation sites (tertiary alicyclic amines) is 2. The van der Waals surface area contributed by atoms with Crippen LogP contribution in [0.5, 0.6) is 0 Å². The average molecular weight is 359 g/mol. The molecule has 0 N–H and O–H groups in total. The summed E-state index contributed by atoms with van der Waals surface area (Å²) in [6, 6.07) is 9.78. The number of aryl methyl sites for hydroxylation is 2. The Morgan fingerprint density at radius 3 is 2.28 bits per heavy atom. The number of halogens is 1. The number of carbonyl (C=O) groups excluding carboxylic acids is 1. The van der Waals surface area contributed by atoms with Crippen molar-refractivity contribution in [3.8, 4) is 0 Å². The van der Waals surface area contributed by atoms with Gasteiger partial charge < -0.3 is 9.32 Å². The molecule has 0 unspecified atom stereocenters. The molecule has 2 aliphatic rings. The van der Waals surface area contributed by atoms with Crippen molar-refractivity contribution in [2.45, 2.75) is 20.4 Å². The Kier molecular flexibility index (Phi) is 4.34. The smallest absolute Gasteiger partial charge is 0.289 e. The van der Waals surface area contributed by atoms with Gasteiger partial charge in [0.1, 0.15) is 0 Å². The lowest BCUT2D eigenvalue weighted by molar-refractivity contribution is 0.0742. The lowest BCUT2D eigenvalue weighted by atomic mass is 10.0. The van der Waals surface area contributed by atoms with Crippen LogP contribution in [0.2, 0.25) is 5.22 Å². The van der Waals surface area contributed by atoms with Gasteiger partial charge in [0.15, 0.2) is 11.0 Å². The second-order valence-corrected chi connectivity index (χ2v) is 7.77. The first kappa shape index (κ1) is 16.7. The zero-order valence-corrected chi connectivity index (χ0v) is 15.4. The highest BCUT2D eigenvalue weighted by molar-refractivity contribution is 6.29. The van der Waals surface area contributed by atoms with Crippen LogP contribution in [0.3, 0.4) is 0 Å². The third-order valence-corrected chi connectivity index (χ3v) is 5.86. The zero-order valence-electron chi connectivity index (χ0n) is 14.7. The van der Waals surface area contributed by atoms with Crippen LogP contribution in [-0.2, 0) is 6.54 Å². The first-order valence-electron chi connectivity index (χ1n) is 8.83. The van der Waals surface area contributed by atoms with E-state index in [2.05, 4.69) is 36.9 Å². The first-order chi connectivity index (χ1) is 12.0. The molecule has 132 valence electrons. The predicted octanol–water partition coefficient (Wildman–Crippen LogP) is 3.75. The fourth-order valence-corrected chi connectivity index (χ4v) is 4.44. The number of hydrogen-bond acceptors (Lipinski definition) is 3. The minimum Gasteiger partial charge on any atom is -0.440 e. The SMILES string of the molecule is Cc1cccc(C)c1CN1C[C@@H]2CN(C(=O)c3ccc(Cl)o3)C[C@@H]2C1. The molecule has 1 amide bonds. The largest absolute Gasteiger partial charge is 0.440 e. The highest BCUT2D eigenvalue weighted by atomic mass is 35.5. The summed E-state index contributed by atoms with van der Waals surface area (Å²) in [7, 11) is 0. The Labute approximate surface area is 153 Å². The molecule has 4 rings (SSSR count). The number of furan rings is 1. The van der Waals surface area contributed by atoms with Crippen LogP contribution < -0.4 is 0 Å². The number of amides is 1. The van der Waals surface area contributed by atoms with E-state index in [0.717, 1.165) is 32.7 Å². The Bertz CT molecular complexity index is 766. The van der Waals surface area contributed by atoms with E-state index in [1.54, 1.807) is 12.1 Å². The van der Waals surface area contributed by atoms with Crippen molar-refractivity contribution in [3.05, 3.63) is 58.0 Å². The monoisotopic (exact) mass is 358 g/mol. The normalized spacial score (nSPS) is 23.2. The van der Waals surface area contributed by atoms with Crippen LogP contribution in [0.1, 0.15) is 27.2 Å². The summed E-state index contributed by atoms with van der Waals surface area (Å²) in [6.45, 7) is 9.12. The van der Waals surface area contributed by atoms with Crippen molar-refractivity contribution < 1.29 is 9.21 Å². The molecule has 2 aromatic rings. The number of benzene rings is 1. The number of fused-ring (bicyclic) bond motifs is 1. The standard InChI is InChI=1S/C20H23ClN2O2/c1-13-4-3-5-14(2)17(13)12-22-8-15-10-23(11-16(15)9-22)20(24)18-6-7-19(21)25-18/h3-7,15-16H,8-12H2,1-2H3/t15-,16+. The van der Waals surface area contributed by atoms with Gasteiger partial charge >= 0.3 is 0 Å². The van der Waals surface area contributed by atoms with Gasteiger partial charge in [-0.2, -0.15) is 0 Å². The zero-order chi connectivity index (χ0) is 17.6. The van der Waals surface area contributed by atoms with Crippen LogP contribution in [0.4, 0.5) is 0 Å². The van der Waals surface area contributed by atoms with Crippen LogP contribution in [-0.4, -0.2) is 41.9 Å². The van der Waals surface area contributed by atoms with Crippen molar-refractivity contribution >= 4 is 17.5 Å². The average Bonchev–Trinajstić information content (AvgIpc) is 3.24. The summed E-state index contributed by atoms with van der Waals surface area (Å²) in [6.07, 6.45) is 0. The fourth-order valence-electron chi connectivity index (χ4n) is 4.29. The second kappa shape index (κ2) is 6.50. The lowest BCUT2D eigenvalue weighted by Gasteiger charge is -2.22. The van der Waals surface area contributed by atoms with Gasteiger partial charge in [0.25, 0.3) is 5.91 Å². The third kappa shape index (κ3) is 3.21. The summed E-state index contributed by atoms with van der Waals surface area (Å²) in [4.78, 5) is 17.0. The molecule has 1 aromatic heterocycles. The maximum Gasteiger partial charge on any atom is 0.289 e. The van der Waals surface area contributed by atoms with Gasteiger partial charge in [-0.1, -0.05) is 18.2 Å². The number of hydrogen-bond donors (Lipinski definition) is 0.